The van der Waals surface area contributed by atoms with Gasteiger partial charge in [0.1, 0.15) is 0 Å². The van der Waals surface area contributed by atoms with E-state index in [4.69, 9.17) is 0 Å². The van der Waals surface area contributed by atoms with E-state index in [1.165, 1.54) is 29.7 Å². The molecule has 0 amide bonds. The van der Waals surface area contributed by atoms with Crippen LogP contribution >= 0.6 is 23.5 Å². The molecule has 0 radical (unpaired) electrons. The molecule has 1 rings (SSSR count). The highest BCUT2D eigenvalue weighted by Gasteiger charge is 1.97. The molecule has 2 N–H and O–H groups in total. The Balaban J connectivity index is 2.05. The van der Waals surface area contributed by atoms with E-state index in [9.17, 15) is 0 Å². The summed E-state index contributed by atoms with van der Waals surface area (Å²) >= 11 is 3.86. The van der Waals surface area contributed by atoms with Gasteiger partial charge in [0.25, 0.3) is 0 Å². The van der Waals surface area contributed by atoms with Crippen molar-refractivity contribution in [2.75, 3.05) is 37.9 Å². The van der Waals surface area contributed by atoms with E-state index in [0.29, 0.717) is 0 Å². The third-order valence-electron chi connectivity index (χ3n) is 3.22. The molecule has 0 fully saturated rings. The van der Waals surface area contributed by atoms with Crippen molar-refractivity contribution in [2.45, 2.75) is 25.5 Å². The van der Waals surface area contributed by atoms with Crippen LogP contribution in [0.2, 0.25) is 0 Å². The second-order valence-electron chi connectivity index (χ2n) is 5.16. The van der Waals surface area contributed by atoms with Crippen LogP contribution in [-0.2, 0) is 5.75 Å². The van der Waals surface area contributed by atoms with E-state index >= 15 is 0 Å². The zero-order chi connectivity index (χ0) is 16.0. The van der Waals surface area contributed by atoms with Crippen molar-refractivity contribution in [3.8, 4) is 0 Å². The summed E-state index contributed by atoms with van der Waals surface area (Å²) in [5.74, 6) is 4.31. The lowest BCUT2D eigenvalue weighted by Crippen LogP contribution is -2.38. The molecule has 0 saturated carbocycles. The maximum Gasteiger partial charge on any atom is 0.191 e. The molecule has 124 valence electrons. The Kier molecular flexibility index (Phi) is 11.1. The number of thioether (sulfide) groups is 2. The van der Waals surface area contributed by atoms with Gasteiger partial charge in [-0.15, -0.1) is 0 Å². The van der Waals surface area contributed by atoms with E-state index in [0.717, 1.165) is 30.6 Å². The van der Waals surface area contributed by atoms with Crippen molar-refractivity contribution < 1.29 is 0 Å². The summed E-state index contributed by atoms with van der Waals surface area (Å²) in [5, 5.41) is 6.73. The van der Waals surface area contributed by atoms with Gasteiger partial charge < -0.3 is 10.6 Å². The number of unbranched alkanes of at least 4 members (excludes halogenated alkanes) is 1. The standard InChI is InChI=1S/C17H29N3S2/c1-15-6-8-16(9-7-15)14-22-13-11-20-17(18-2)19-10-4-5-12-21-3/h6-9H,4-5,10-14H2,1-3H3,(H2,18,19,20). The average Bonchev–Trinajstić information content (AvgIpc) is 2.54. The highest BCUT2D eigenvalue weighted by atomic mass is 32.2. The zero-order valence-corrected chi connectivity index (χ0v) is 15.7. The van der Waals surface area contributed by atoms with Crippen molar-refractivity contribution in [3.05, 3.63) is 35.4 Å². The van der Waals surface area contributed by atoms with Crippen molar-refractivity contribution in [3.63, 3.8) is 0 Å². The molecule has 0 aliphatic rings. The molecule has 0 unspecified atom stereocenters. The van der Waals surface area contributed by atoms with Crippen LogP contribution in [0.25, 0.3) is 0 Å². The largest absolute Gasteiger partial charge is 0.356 e. The van der Waals surface area contributed by atoms with Crippen LogP contribution < -0.4 is 10.6 Å². The molecule has 1 aromatic carbocycles. The van der Waals surface area contributed by atoms with Gasteiger partial charge in [0.05, 0.1) is 0 Å². The van der Waals surface area contributed by atoms with Crippen molar-refractivity contribution in [2.24, 2.45) is 4.99 Å². The molecule has 0 aliphatic heterocycles. The lowest BCUT2D eigenvalue weighted by atomic mass is 10.2. The molecule has 0 aliphatic carbocycles. The van der Waals surface area contributed by atoms with Gasteiger partial charge in [-0.1, -0.05) is 29.8 Å². The number of aliphatic imine (C=N–C) groups is 1. The maximum absolute atomic E-state index is 4.25. The minimum Gasteiger partial charge on any atom is -0.356 e. The minimum absolute atomic E-state index is 0.917. The van der Waals surface area contributed by atoms with Crippen molar-refractivity contribution in [1.82, 2.24) is 10.6 Å². The topological polar surface area (TPSA) is 36.4 Å². The van der Waals surface area contributed by atoms with Crippen molar-refractivity contribution >= 4 is 29.5 Å². The number of aryl methyl sites for hydroxylation is 1. The van der Waals surface area contributed by atoms with E-state index in [-0.39, 0.29) is 0 Å². The van der Waals surface area contributed by atoms with E-state index in [1.54, 1.807) is 0 Å². The first-order valence-electron chi connectivity index (χ1n) is 7.83. The summed E-state index contributed by atoms with van der Waals surface area (Å²) in [6.07, 6.45) is 4.61. The first-order valence-corrected chi connectivity index (χ1v) is 10.4. The molecule has 22 heavy (non-hydrogen) atoms. The second kappa shape index (κ2) is 12.7. The molecule has 0 bridgehead atoms. The van der Waals surface area contributed by atoms with E-state index < -0.39 is 0 Å². The van der Waals surface area contributed by atoms with Crippen LogP contribution in [0.5, 0.6) is 0 Å². The quantitative estimate of drug-likeness (QED) is 0.388. The van der Waals surface area contributed by atoms with Gasteiger partial charge in [-0.25, -0.2) is 0 Å². The normalized spacial score (nSPS) is 11.5. The Morgan fingerprint density at radius 3 is 2.45 bits per heavy atom. The Bertz CT molecular complexity index is 418. The van der Waals surface area contributed by atoms with Gasteiger partial charge in [0, 0.05) is 31.6 Å². The predicted molar refractivity (Wildman–Crippen MR) is 104 cm³/mol. The first kappa shape index (κ1) is 19.2. The maximum atomic E-state index is 4.25. The van der Waals surface area contributed by atoms with Crippen LogP contribution in [-0.4, -0.2) is 43.9 Å². The number of hydrogen-bond acceptors (Lipinski definition) is 3. The van der Waals surface area contributed by atoms with Gasteiger partial charge in [0.15, 0.2) is 5.96 Å². The lowest BCUT2D eigenvalue weighted by Gasteiger charge is -2.11. The number of rotatable bonds is 10. The van der Waals surface area contributed by atoms with Gasteiger partial charge in [0.2, 0.25) is 0 Å². The summed E-state index contributed by atoms with van der Waals surface area (Å²) in [6, 6.07) is 8.78. The van der Waals surface area contributed by atoms with Crippen LogP contribution in [0.3, 0.4) is 0 Å². The highest BCUT2D eigenvalue weighted by Crippen LogP contribution is 2.12. The molecule has 1 aromatic rings. The first-order chi connectivity index (χ1) is 10.8. The summed E-state index contributed by atoms with van der Waals surface area (Å²) in [4.78, 5) is 4.25. The number of nitrogens with zero attached hydrogens (tertiary/aromatic N) is 1. The van der Waals surface area contributed by atoms with Gasteiger partial charge in [-0.05, 0) is 37.3 Å². The molecule has 0 saturated heterocycles. The third kappa shape index (κ3) is 9.26. The molecule has 0 spiro atoms. The van der Waals surface area contributed by atoms with Gasteiger partial charge in [-0.2, -0.15) is 23.5 Å². The summed E-state index contributed by atoms with van der Waals surface area (Å²) in [6.45, 7) is 4.07. The Labute approximate surface area is 144 Å². The number of benzene rings is 1. The van der Waals surface area contributed by atoms with Crippen LogP contribution in [0, 0.1) is 6.92 Å². The molecular weight excluding hydrogens is 310 g/mol. The van der Waals surface area contributed by atoms with E-state index in [2.05, 4.69) is 53.1 Å². The van der Waals surface area contributed by atoms with Crippen LogP contribution in [0.15, 0.2) is 29.3 Å². The SMILES string of the molecule is CN=C(NCCCCSC)NCCSCc1ccc(C)cc1. The summed E-state index contributed by atoms with van der Waals surface area (Å²) in [7, 11) is 1.83. The average molecular weight is 340 g/mol. The van der Waals surface area contributed by atoms with Gasteiger partial charge in [-0.3, -0.25) is 4.99 Å². The van der Waals surface area contributed by atoms with Gasteiger partial charge >= 0.3 is 0 Å². The fourth-order valence-corrected chi connectivity index (χ4v) is 3.23. The third-order valence-corrected chi connectivity index (χ3v) is 4.95. The molecular formula is C17H29N3S2. The smallest absolute Gasteiger partial charge is 0.191 e. The highest BCUT2D eigenvalue weighted by molar-refractivity contribution is 7.98. The zero-order valence-electron chi connectivity index (χ0n) is 14.0. The fourth-order valence-electron chi connectivity index (χ4n) is 1.91. The number of guanidine groups is 1. The van der Waals surface area contributed by atoms with Crippen molar-refractivity contribution in [1.29, 1.82) is 0 Å². The van der Waals surface area contributed by atoms with Crippen LogP contribution in [0.1, 0.15) is 24.0 Å². The number of nitrogens with one attached hydrogen (secondary N) is 2. The second-order valence-corrected chi connectivity index (χ2v) is 7.25. The molecule has 5 heteroatoms. The Hall–Kier alpha value is -0.810. The molecule has 0 atom stereocenters. The molecule has 3 nitrogen and oxygen atoms in total. The summed E-state index contributed by atoms with van der Waals surface area (Å²) < 4.78 is 0. The number of hydrogen-bond donors (Lipinski definition) is 2. The fraction of sp³-hybridized carbons (Fsp3) is 0.588. The summed E-state index contributed by atoms with van der Waals surface area (Å²) in [5.41, 5.74) is 2.72. The lowest BCUT2D eigenvalue weighted by molar-refractivity contribution is 0.739. The predicted octanol–water partition coefficient (Wildman–Crippen LogP) is 3.54. The molecule has 0 aromatic heterocycles. The Morgan fingerprint density at radius 2 is 1.77 bits per heavy atom. The van der Waals surface area contributed by atoms with E-state index in [1.807, 2.05) is 30.6 Å². The van der Waals surface area contributed by atoms with Crippen LogP contribution in [0.4, 0.5) is 0 Å². The minimum atomic E-state index is 0.917. The molecule has 0 heterocycles. The Morgan fingerprint density at radius 1 is 1.05 bits per heavy atom. The monoisotopic (exact) mass is 339 g/mol.